The lowest BCUT2D eigenvalue weighted by Gasteiger charge is -2.36. The minimum atomic E-state index is 0.509. The Balaban J connectivity index is 1.81. The summed E-state index contributed by atoms with van der Waals surface area (Å²) in [7, 11) is 1.85. The smallest absolute Gasteiger partial charge is 0.0595 e. The summed E-state index contributed by atoms with van der Waals surface area (Å²) in [6.45, 7) is 7.12. The number of hydrogen-bond donors (Lipinski definition) is 1. The molecule has 3 heteroatoms. The maximum Gasteiger partial charge on any atom is 0.0595 e. The van der Waals surface area contributed by atoms with Crippen molar-refractivity contribution >= 4 is 0 Å². The fraction of sp³-hybridized carbons (Fsp3) is 1.00. The molecule has 0 aromatic carbocycles. The molecule has 1 saturated heterocycles. The van der Waals surface area contributed by atoms with Crippen LogP contribution in [0.4, 0.5) is 0 Å². The van der Waals surface area contributed by atoms with Gasteiger partial charge in [-0.25, -0.2) is 0 Å². The summed E-state index contributed by atoms with van der Waals surface area (Å²) in [6.07, 6.45) is 10.0. The molecule has 0 radical (unpaired) electrons. The van der Waals surface area contributed by atoms with Crippen LogP contribution < -0.4 is 5.32 Å². The summed E-state index contributed by atoms with van der Waals surface area (Å²) in [4.78, 5) is 2.68. The van der Waals surface area contributed by atoms with E-state index in [9.17, 15) is 0 Å². The van der Waals surface area contributed by atoms with Crippen molar-refractivity contribution in [1.82, 2.24) is 10.2 Å². The predicted octanol–water partition coefficient (Wildman–Crippen LogP) is 2.66. The summed E-state index contributed by atoms with van der Waals surface area (Å²) in [5.74, 6) is 0.863. The van der Waals surface area contributed by atoms with Crippen molar-refractivity contribution < 1.29 is 4.74 Å². The van der Waals surface area contributed by atoms with E-state index in [0.717, 1.165) is 18.5 Å². The Labute approximate surface area is 119 Å². The molecule has 19 heavy (non-hydrogen) atoms. The third kappa shape index (κ3) is 4.73. The van der Waals surface area contributed by atoms with Gasteiger partial charge < -0.3 is 15.0 Å². The van der Waals surface area contributed by atoms with Crippen molar-refractivity contribution in [3.05, 3.63) is 0 Å². The molecule has 1 aliphatic carbocycles. The van der Waals surface area contributed by atoms with Crippen LogP contribution in [0.2, 0.25) is 0 Å². The number of piperidine rings is 1. The van der Waals surface area contributed by atoms with Gasteiger partial charge in [0.15, 0.2) is 0 Å². The second kappa shape index (κ2) is 8.23. The van der Waals surface area contributed by atoms with Crippen molar-refractivity contribution in [1.29, 1.82) is 0 Å². The van der Waals surface area contributed by atoms with Crippen LogP contribution in [-0.2, 0) is 4.74 Å². The average Bonchev–Trinajstić information content (AvgIpc) is 2.66. The molecular weight excluding hydrogens is 236 g/mol. The highest BCUT2D eigenvalue weighted by Crippen LogP contribution is 2.25. The number of rotatable bonds is 5. The van der Waals surface area contributed by atoms with Gasteiger partial charge in [0.1, 0.15) is 0 Å². The number of nitrogens with one attached hydrogen (secondary N) is 1. The van der Waals surface area contributed by atoms with Gasteiger partial charge in [-0.05, 0) is 38.1 Å². The molecule has 2 unspecified atom stereocenters. The quantitative estimate of drug-likeness (QED) is 0.776. The third-order valence-electron chi connectivity index (χ3n) is 4.99. The van der Waals surface area contributed by atoms with Gasteiger partial charge in [-0.1, -0.05) is 26.2 Å². The number of ether oxygens (including phenoxy) is 1. The summed E-state index contributed by atoms with van der Waals surface area (Å²) in [5, 5.41) is 3.73. The molecule has 0 aromatic rings. The highest BCUT2D eigenvalue weighted by molar-refractivity contribution is 4.83. The molecule has 1 N–H and O–H groups in total. The Bertz CT molecular complexity index is 239. The van der Waals surface area contributed by atoms with Gasteiger partial charge in [0.25, 0.3) is 0 Å². The molecule has 1 aliphatic heterocycles. The van der Waals surface area contributed by atoms with E-state index < -0.39 is 0 Å². The molecule has 0 spiro atoms. The number of nitrogens with zero attached hydrogens (tertiary/aromatic N) is 1. The minimum absolute atomic E-state index is 0.509. The molecule has 1 heterocycles. The number of likely N-dealkylation sites (tertiary alicyclic amines) is 1. The SMILES string of the molecule is CCNC1CCCCCC1CN1CCC(OC)CC1. The van der Waals surface area contributed by atoms with E-state index in [-0.39, 0.29) is 0 Å². The van der Waals surface area contributed by atoms with Crippen molar-refractivity contribution in [3.63, 3.8) is 0 Å². The molecule has 2 aliphatic rings. The molecule has 112 valence electrons. The van der Waals surface area contributed by atoms with Crippen LogP contribution in [-0.4, -0.2) is 50.3 Å². The largest absolute Gasteiger partial charge is 0.381 e. The van der Waals surface area contributed by atoms with Crippen molar-refractivity contribution in [2.45, 2.75) is 64.0 Å². The first-order valence-electron chi connectivity index (χ1n) is 8.32. The topological polar surface area (TPSA) is 24.5 Å². The minimum Gasteiger partial charge on any atom is -0.381 e. The fourth-order valence-electron chi connectivity index (χ4n) is 3.79. The molecule has 0 bridgehead atoms. The standard InChI is InChI=1S/C16H32N2O/c1-3-17-16-8-6-4-5-7-14(16)13-18-11-9-15(19-2)10-12-18/h14-17H,3-13H2,1-2H3. The Hall–Kier alpha value is -0.120. The first kappa shape index (κ1) is 15.3. The Morgan fingerprint density at radius 1 is 1.05 bits per heavy atom. The van der Waals surface area contributed by atoms with Crippen molar-refractivity contribution in [3.8, 4) is 0 Å². The molecule has 0 amide bonds. The van der Waals surface area contributed by atoms with Gasteiger partial charge in [0.2, 0.25) is 0 Å². The highest BCUT2D eigenvalue weighted by Gasteiger charge is 2.27. The molecule has 1 saturated carbocycles. The Kier molecular flexibility index (Phi) is 6.62. The third-order valence-corrected chi connectivity index (χ3v) is 4.99. The first-order valence-corrected chi connectivity index (χ1v) is 8.32. The molecule has 2 fully saturated rings. The summed E-state index contributed by atoms with van der Waals surface area (Å²) < 4.78 is 5.47. The second-order valence-corrected chi connectivity index (χ2v) is 6.30. The fourth-order valence-corrected chi connectivity index (χ4v) is 3.79. The summed E-state index contributed by atoms with van der Waals surface area (Å²) in [6, 6.07) is 0.757. The predicted molar refractivity (Wildman–Crippen MR) is 80.5 cm³/mol. The normalized spacial score (nSPS) is 31.3. The second-order valence-electron chi connectivity index (χ2n) is 6.30. The summed E-state index contributed by atoms with van der Waals surface area (Å²) in [5.41, 5.74) is 0. The zero-order chi connectivity index (χ0) is 13.5. The monoisotopic (exact) mass is 268 g/mol. The Morgan fingerprint density at radius 3 is 2.47 bits per heavy atom. The highest BCUT2D eigenvalue weighted by atomic mass is 16.5. The van der Waals surface area contributed by atoms with E-state index in [1.54, 1.807) is 0 Å². The number of methoxy groups -OCH3 is 1. The molecule has 2 atom stereocenters. The number of hydrogen-bond acceptors (Lipinski definition) is 3. The lowest BCUT2D eigenvalue weighted by Crippen LogP contribution is -2.45. The van der Waals surface area contributed by atoms with Crippen LogP contribution in [0, 0.1) is 5.92 Å². The van der Waals surface area contributed by atoms with Crippen LogP contribution in [0.1, 0.15) is 51.9 Å². The maximum atomic E-state index is 5.47. The van der Waals surface area contributed by atoms with Crippen LogP contribution in [0.3, 0.4) is 0 Å². The van der Waals surface area contributed by atoms with E-state index in [2.05, 4.69) is 17.1 Å². The van der Waals surface area contributed by atoms with Gasteiger partial charge in [-0.2, -0.15) is 0 Å². The zero-order valence-electron chi connectivity index (χ0n) is 12.9. The molecular formula is C16H32N2O. The van der Waals surface area contributed by atoms with Crippen molar-refractivity contribution in [2.24, 2.45) is 5.92 Å². The Morgan fingerprint density at radius 2 is 1.79 bits per heavy atom. The molecule has 0 aromatic heterocycles. The summed E-state index contributed by atoms with van der Waals surface area (Å²) >= 11 is 0. The first-order chi connectivity index (χ1) is 9.33. The zero-order valence-corrected chi connectivity index (χ0v) is 12.9. The van der Waals surface area contributed by atoms with E-state index in [0.29, 0.717) is 6.10 Å². The maximum absolute atomic E-state index is 5.47. The van der Waals surface area contributed by atoms with Crippen LogP contribution in [0.15, 0.2) is 0 Å². The average molecular weight is 268 g/mol. The van der Waals surface area contributed by atoms with E-state index in [1.807, 2.05) is 7.11 Å². The van der Waals surface area contributed by atoms with E-state index in [1.165, 1.54) is 64.6 Å². The van der Waals surface area contributed by atoms with Crippen molar-refractivity contribution in [2.75, 3.05) is 33.3 Å². The molecule has 3 nitrogen and oxygen atoms in total. The van der Waals surface area contributed by atoms with Gasteiger partial charge in [-0.3, -0.25) is 0 Å². The van der Waals surface area contributed by atoms with Gasteiger partial charge in [0.05, 0.1) is 6.10 Å². The van der Waals surface area contributed by atoms with E-state index in [4.69, 9.17) is 4.74 Å². The van der Waals surface area contributed by atoms with Crippen LogP contribution in [0.25, 0.3) is 0 Å². The van der Waals surface area contributed by atoms with Crippen LogP contribution in [0.5, 0.6) is 0 Å². The van der Waals surface area contributed by atoms with Crippen LogP contribution >= 0.6 is 0 Å². The van der Waals surface area contributed by atoms with Gasteiger partial charge >= 0.3 is 0 Å². The molecule has 2 rings (SSSR count). The van der Waals surface area contributed by atoms with Gasteiger partial charge in [0, 0.05) is 32.8 Å². The van der Waals surface area contributed by atoms with E-state index >= 15 is 0 Å². The lowest BCUT2D eigenvalue weighted by molar-refractivity contribution is 0.0341. The van der Waals surface area contributed by atoms with Gasteiger partial charge in [-0.15, -0.1) is 0 Å². The lowest BCUT2D eigenvalue weighted by atomic mass is 9.93.